The Morgan fingerprint density at radius 2 is 1.74 bits per heavy atom. The van der Waals surface area contributed by atoms with Crippen molar-refractivity contribution in [1.82, 2.24) is 19.0 Å². The van der Waals surface area contributed by atoms with Gasteiger partial charge in [-0.05, 0) is 74.8 Å². The van der Waals surface area contributed by atoms with E-state index in [2.05, 4.69) is 21.0 Å². The summed E-state index contributed by atoms with van der Waals surface area (Å²) in [7, 11) is -3.44. The number of fused-ring (bicyclic) bond motifs is 3. The number of carbonyl (C=O) groups is 1. The standard InChI is InChI=1S/C30H36BrF2N5O3S/c1-36(42(40,41)26-12-13-27-20(14-26)17-35-37(27)18-19-4-2-3-5-19)28(30(32,33)21-6-8-22(31)9-7-21)29(39)38-24-10-11-25(38)16-23(34)15-24/h6-9,12-14,17,19,23-25,28H,2-5,10-11,15-16,18,34H2,1H3/t23?,24?,25?,28-/m1/s1. The monoisotopic (exact) mass is 663 g/mol. The van der Waals surface area contributed by atoms with Crippen LogP contribution in [0.5, 0.6) is 0 Å². The number of amides is 1. The molecule has 2 aliphatic heterocycles. The molecule has 0 radical (unpaired) electrons. The SMILES string of the molecule is CN([C@H](C(=O)N1C2CCC1CC(N)C2)C(F)(F)c1ccc(Br)cc1)S(=O)(=O)c1ccc2c(cnn2CC2CCCC2)c1. The largest absolute Gasteiger partial charge is 0.335 e. The zero-order valence-corrected chi connectivity index (χ0v) is 25.9. The van der Waals surface area contributed by atoms with Crippen LogP contribution in [0.15, 0.2) is 58.0 Å². The number of hydrogen-bond acceptors (Lipinski definition) is 5. The van der Waals surface area contributed by atoms with Crippen molar-refractivity contribution in [2.45, 2.75) is 92.9 Å². The van der Waals surface area contributed by atoms with Gasteiger partial charge in [-0.2, -0.15) is 18.2 Å². The highest BCUT2D eigenvalue weighted by molar-refractivity contribution is 9.10. The summed E-state index contributed by atoms with van der Waals surface area (Å²) in [4.78, 5) is 15.5. The van der Waals surface area contributed by atoms with E-state index in [-0.39, 0.29) is 23.0 Å². The smallest absolute Gasteiger partial charge is 0.298 e. The molecular weight excluding hydrogens is 628 g/mol. The summed E-state index contributed by atoms with van der Waals surface area (Å²) in [6, 6.07) is 6.95. The molecule has 3 aromatic rings. The van der Waals surface area contributed by atoms with Crippen molar-refractivity contribution >= 4 is 42.8 Å². The van der Waals surface area contributed by atoms with E-state index < -0.39 is 33.5 Å². The molecule has 0 spiro atoms. The highest BCUT2D eigenvalue weighted by atomic mass is 79.9. The first-order valence-electron chi connectivity index (χ1n) is 14.6. The minimum Gasteiger partial charge on any atom is -0.335 e. The summed E-state index contributed by atoms with van der Waals surface area (Å²) in [6.45, 7) is 0.757. The summed E-state index contributed by atoms with van der Waals surface area (Å²) < 4.78 is 64.0. The second-order valence-corrected chi connectivity index (χ2v) is 15.0. The van der Waals surface area contributed by atoms with Gasteiger partial charge in [0.2, 0.25) is 15.9 Å². The Morgan fingerprint density at radius 3 is 2.38 bits per heavy atom. The molecule has 1 amide bonds. The van der Waals surface area contributed by atoms with Crippen molar-refractivity contribution in [1.29, 1.82) is 0 Å². The van der Waals surface area contributed by atoms with Crippen LogP contribution in [0.1, 0.15) is 56.9 Å². The minimum absolute atomic E-state index is 0.111. The maximum atomic E-state index is 16.4. The van der Waals surface area contributed by atoms with Gasteiger partial charge in [-0.15, -0.1) is 0 Å². The number of benzene rings is 2. The predicted molar refractivity (Wildman–Crippen MR) is 159 cm³/mol. The van der Waals surface area contributed by atoms with Crippen LogP contribution in [-0.2, 0) is 27.3 Å². The Hall–Kier alpha value is -2.41. The molecule has 3 atom stereocenters. The highest BCUT2D eigenvalue weighted by Crippen LogP contribution is 2.42. The zero-order chi connectivity index (χ0) is 29.8. The maximum Gasteiger partial charge on any atom is 0.298 e. The number of nitrogens with two attached hydrogens (primary N) is 1. The van der Waals surface area contributed by atoms with E-state index in [0.29, 0.717) is 45.8 Å². The molecule has 3 aliphatic rings. The molecule has 2 bridgehead atoms. The normalized spacial score (nSPS) is 24.1. The molecule has 42 heavy (non-hydrogen) atoms. The molecule has 3 heterocycles. The van der Waals surface area contributed by atoms with Crippen LogP contribution in [0, 0.1) is 5.92 Å². The third-order valence-electron chi connectivity index (χ3n) is 9.39. The molecule has 6 rings (SSSR count). The van der Waals surface area contributed by atoms with Gasteiger partial charge in [-0.1, -0.05) is 40.9 Å². The van der Waals surface area contributed by atoms with Gasteiger partial charge in [0, 0.05) is 47.1 Å². The molecular formula is C30H36BrF2N5O3S. The van der Waals surface area contributed by atoms with E-state index in [9.17, 15) is 13.2 Å². The first kappa shape index (κ1) is 29.7. The lowest BCUT2D eigenvalue weighted by atomic mass is 9.94. The van der Waals surface area contributed by atoms with Gasteiger partial charge in [0.05, 0.1) is 16.6 Å². The van der Waals surface area contributed by atoms with E-state index in [1.54, 1.807) is 12.3 Å². The Morgan fingerprint density at radius 1 is 1.10 bits per heavy atom. The minimum atomic E-state index is -4.52. The lowest BCUT2D eigenvalue weighted by molar-refractivity contribution is -0.154. The van der Waals surface area contributed by atoms with E-state index in [1.165, 1.54) is 54.1 Å². The molecule has 2 unspecified atom stereocenters. The Bertz CT molecular complexity index is 1560. The van der Waals surface area contributed by atoms with Crippen LogP contribution in [0.3, 0.4) is 0 Å². The number of halogens is 3. The van der Waals surface area contributed by atoms with Crippen LogP contribution < -0.4 is 5.73 Å². The van der Waals surface area contributed by atoms with Crippen molar-refractivity contribution in [3.05, 3.63) is 58.7 Å². The number of alkyl halides is 2. The summed E-state index contributed by atoms with van der Waals surface area (Å²) in [5.41, 5.74) is 6.53. The number of piperidine rings is 1. The van der Waals surface area contributed by atoms with Crippen LogP contribution in [0.4, 0.5) is 8.78 Å². The molecule has 2 aromatic carbocycles. The second-order valence-electron chi connectivity index (χ2n) is 12.1. The summed E-state index contributed by atoms with van der Waals surface area (Å²) in [5, 5.41) is 5.09. The number of nitrogens with zero attached hydrogens (tertiary/aromatic N) is 4. The molecule has 8 nitrogen and oxygen atoms in total. The molecule has 12 heteroatoms. The average Bonchev–Trinajstić information content (AvgIpc) is 3.67. The lowest BCUT2D eigenvalue weighted by Gasteiger charge is -2.42. The van der Waals surface area contributed by atoms with E-state index in [4.69, 9.17) is 5.73 Å². The fourth-order valence-electron chi connectivity index (χ4n) is 7.20. The van der Waals surface area contributed by atoms with Crippen LogP contribution >= 0.6 is 15.9 Å². The molecule has 226 valence electrons. The van der Waals surface area contributed by atoms with Crippen molar-refractivity contribution < 1.29 is 22.0 Å². The number of likely N-dealkylation sites (N-methyl/N-ethyl adjacent to an activating group) is 1. The van der Waals surface area contributed by atoms with Crippen molar-refractivity contribution in [2.75, 3.05) is 7.05 Å². The Kier molecular flexibility index (Phi) is 7.95. The van der Waals surface area contributed by atoms with Gasteiger partial charge in [-0.25, -0.2) is 8.42 Å². The molecule has 2 N–H and O–H groups in total. The van der Waals surface area contributed by atoms with E-state index in [1.807, 2.05) is 4.68 Å². The maximum absolute atomic E-state index is 16.4. The van der Waals surface area contributed by atoms with Crippen molar-refractivity contribution in [3.63, 3.8) is 0 Å². The zero-order valence-electron chi connectivity index (χ0n) is 23.5. The number of hydrogen-bond donors (Lipinski definition) is 1. The highest BCUT2D eigenvalue weighted by Gasteiger charge is 2.56. The third-order valence-corrected chi connectivity index (χ3v) is 11.7. The Labute approximate surface area is 253 Å². The fourth-order valence-corrected chi connectivity index (χ4v) is 8.82. The molecule has 1 aliphatic carbocycles. The number of carbonyl (C=O) groups excluding carboxylic acids is 1. The summed E-state index contributed by atoms with van der Waals surface area (Å²) in [6.07, 6.45) is 8.66. The number of sulfonamides is 1. The van der Waals surface area contributed by atoms with E-state index in [0.717, 1.165) is 32.0 Å². The van der Waals surface area contributed by atoms with Gasteiger partial charge in [-0.3, -0.25) is 9.48 Å². The van der Waals surface area contributed by atoms with E-state index >= 15 is 8.78 Å². The first-order chi connectivity index (χ1) is 20.0. The van der Waals surface area contributed by atoms with Gasteiger partial charge >= 0.3 is 0 Å². The number of rotatable bonds is 8. The molecule has 1 saturated carbocycles. The lowest BCUT2D eigenvalue weighted by Crippen LogP contribution is -2.61. The fraction of sp³-hybridized carbons (Fsp3) is 0.533. The molecule has 2 saturated heterocycles. The van der Waals surface area contributed by atoms with Gasteiger partial charge in [0.1, 0.15) is 0 Å². The van der Waals surface area contributed by atoms with Gasteiger partial charge in [0.25, 0.3) is 5.92 Å². The molecule has 1 aromatic heterocycles. The van der Waals surface area contributed by atoms with Gasteiger partial charge < -0.3 is 10.6 Å². The summed E-state index contributed by atoms with van der Waals surface area (Å²) in [5.74, 6) is -4.16. The average molecular weight is 665 g/mol. The summed E-state index contributed by atoms with van der Waals surface area (Å²) >= 11 is 3.26. The van der Waals surface area contributed by atoms with Crippen molar-refractivity contribution in [3.8, 4) is 0 Å². The quantitative estimate of drug-likeness (QED) is 0.355. The second kappa shape index (κ2) is 11.3. The topological polar surface area (TPSA) is 102 Å². The Balaban J connectivity index is 1.36. The van der Waals surface area contributed by atoms with Crippen molar-refractivity contribution in [2.24, 2.45) is 11.7 Å². The van der Waals surface area contributed by atoms with Crippen LogP contribution in [-0.4, -0.2) is 64.5 Å². The third kappa shape index (κ3) is 5.28. The van der Waals surface area contributed by atoms with Crippen LogP contribution in [0.25, 0.3) is 10.9 Å². The first-order valence-corrected chi connectivity index (χ1v) is 16.9. The molecule has 3 fully saturated rings. The van der Waals surface area contributed by atoms with Gasteiger partial charge in [0.15, 0.2) is 6.04 Å². The van der Waals surface area contributed by atoms with Crippen LogP contribution in [0.2, 0.25) is 0 Å². The number of aromatic nitrogens is 2. The predicted octanol–water partition coefficient (Wildman–Crippen LogP) is 5.25.